The fraction of sp³-hybridized carbons (Fsp3) is 0.533. The molecule has 0 aliphatic carbocycles. The molecule has 1 aliphatic rings. The molecule has 1 aromatic heterocycles. The molecular weight excluding hydrogens is 270 g/mol. The van der Waals surface area contributed by atoms with Gasteiger partial charge in [0.2, 0.25) is 0 Å². The minimum atomic E-state index is -0.848. The third-order valence-electron chi connectivity index (χ3n) is 3.54. The summed E-state index contributed by atoms with van der Waals surface area (Å²) >= 11 is 0. The van der Waals surface area contributed by atoms with Crippen LogP contribution in [0.4, 0.5) is 5.82 Å². The molecule has 0 aromatic carbocycles. The molecule has 2 N–H and O–H groups in total. The van der Waals surface area contributed by atoms with Crippen LogP contribution in [0.15, 0.2) is 18.3 Å². The van der Waals surface area contributed by atoms with Gasteiger partial charge in [-0.15, -0.1) is 0 Å². The van der Waals surface area contributed by atoms with Crippen molar-refractivity contribution < 1.29 is 14.7 Å². The summed E-state index contributed by atoms with van der Waals surface area (Å²) in [4.78, 5) is 29.2. The number of anilines is 1. The van der Waals surface area contributed by atoms with E-state index in [1.807, 2.05) is 0 Å². The Hall–Kier alpha value is -2.11. The zero-order chi connectivity index (χ0) is 15.1. The lowest BCUT2D eigenvalue weighted by atomic mass is 10.1. The number of rotatable bonds is 6. The van der Waals surface area contributed by atoms with Crippen molar-refractivity contribution >= 4 is 17.7 Å². The fourth-order valence-electron chi connectivity index (χ4n) is 2.47. The minimum absolute atomic E-state index is 0.0618. The highest BCUT2D eigenvalue weighted by Gasteiger charge is 2.19. The summed E-state index contributed by atoms with van der Waals surface area (Å²) in [5, 5.41) is 11.3. The van der Waals surface area contributed by atoms with Crippen LogP contribution in [-0.2, 0) is 4.79 Å². The molecule has 2 heterocycles. The lowest BCUT2D eigenvalue weighted by molar-refractivity contribution is -0.137. The van der Waals surface area contributed by atoms with E-state index in [-0.39, 0.29) is 12.3 Å². The van der Waals surface area contributed by atoms with Crippen LogP contribution in [-0.4, -0.2) is 41.6 Å². The molecule has 0 bridgehead atoms. The summed E-state index contributed by atoms with van der Waals surface area (Å²) in [6, 6.07) is 3.52. The quantitative estimate of drug-likeness (QED) is 0.779. The SMILES string of the molecule is O=C(O)CCCNC(=O)c1cccnc1N1CCCCC1. The maximum absolute atomic E-state index is 12.2. The van der Waals surface area contributed by atoms with Gasteiger partial charge in [0.25, 0.3) is 5.91 Å². The van der Waals surface area contributed by atoms with Crippen molar-refractivity contribution in [2.24, 2.45) is 0 Å². The number of aromatic nitrogens is 1. The number of piperidine rings is 1. The maximum atomic E-state index is 12.2. The first-order valence-electron chi connectivity index (χ1n) is 7.38. The van der Waals surface area contributed by atoms with E-state index in [9.17, 15) is 9.59 Å². The van der Waals surface area contributed by atoms with Crippen LogP contribution >= 0.6 is 0 Å². The molecule has 0 unspecified atom stereocenters. The van der Waals surface area contributed by atoms with Crippen molar-refractivity contribution in [2.45, 2.75) is 32.1 Å². The van der Waals surface area contributed by atoms with Gasteiger partial charge in [-0.05, 0) is 37.8 Å². The third-order valence-corrected chi connectivity index (χ3v) is 3.54. The Morgan fingerprint density at radius 3 is 2.76 bits per heavy atom. The molecule has 0 atom stereocenters. The van der Waals surface area contributed by atoms with Gasteiger partial charge in [-0.1, -0.05) is 0 Å². The first kappa shape index (κ1) is 15.3. The molecule has 114 valence electrons. The van der Waals surface area contributed by atoms with Gasteiger partial charge in [0.15, 0.2) is 0 Å². The van der Waals surface area contributed by atoms with Gasteiger partial charge < -0.3 is 15.3 Å². The van der Waals surface area contributed by atoms with Gasteiger partial charge in [0.05, 0.1) is 5.56 Å². The highest BCUT2D eigenvalue weighted by molar-refractivity contribution is 5.98. The highest BCUT2D eigenvalue weighted by Crippen LogP contribution is 2.21. The van der Waals surface area contributed by atoms with Crippen LogP contribution in [0.25, 0.3) is 0 Å². The Morgan fingerprint density at radius 2 is 2.05 bits per heavy atom. The monoisotopic (exact) mass is 291 g/mol. The first-order chi connectivity index (χ1) is 10.2. The van der Waals surface area contributed by atoms with Gasteiger partial charge >= 0.3 is 5.97 Å². The molecule has 1 aliphatic heterocycles. The second kappa shape index (κ2) is 7.61. The van der Waals surface area contributed by atoms with Gasteiger partial charge in [0, 0.05) is 32.3 Å². The molecule has 1 fully saturated rings. The van der Waals surface area contributed by atoms with Crippen molar-refractivity contribution in [1.29, 1.82) is 0 Å². The van der Waals surface area contributed by atoms with E-state index >= 15 is 0 Å². The summed E-state index contributed by atoms with van der Waals surface area (Å²) in [6.07, 6.45) is 5.66. The Labute approximate surface area is 124 Å². The molecule has 1 aromatic rings. The van der Waals surface area contributed by atoms with Crippen LogP contribution < -0.4 is 10.2 Å². The largest absolute Gasteiger partial charge is 0.481 e. The van der Waals surface area contributed by atoms with Gasteiger partial charge in [-0.3, -0.25) is 9.59 Å². The third kappa shape index (κ3) is 4.44. The van der Waals surface area contributed by atoms with Crippen LogP contribution in [0.5, 0.6) is 0 Å². The number of carbonyl (C=O) groups is 2. The Kier molecular flexibility index (Phi) is 5.54. The predicted molar refractivity (Wildman–Crippen MR) is 79.5 cm³/mol. The molecule has 2 rings (SSSR count). The number of amides is 1. The van der Waals surface area contributed by atoms with E-state index in [1.54, 1.807) is 18.3 Å². The van der Waals surface area contributed by atoms with Gasteiger partial charge in [-0.25, -0.2) is 4.98 Å². The number of aliphatic carboxylic acids is 1. The number of pyridine rings is 1. The fourth-order valence-corrected chi connectivity index (χ4v) is 2.47. The summed E-state index contributed by atoms with van der Waals surface area (Å²) < 4.78 is 0. The molecule has 1 amide bonds. The lowest BCUT2D eigenvalue weighted by Crippen LogP contribution is -2.33. The molecule has 1 saturated heterocycles. The number of carboxylic acid groups (broad SMARTS) is 1. The summed E-state index contributed by atoms with van der Waals surface area (Å²) in [7, 11) is 0. The van der Waals surface area contributed by atoms with Crippen molar-refractivity contribution in [1.82, 2.24) is 10.3 Å². The number of nitrogens with zero attached hydrogens (tertiary/aromatic N) is 2. The summed E-state index contributed by atoms with van der Waals surface area (Å²) in [5.74, 6) is -0.304. The van der Waals surface area contributed by atoms with E-state index < -0.39 is 5.97 Å². The molecule has 21 heavy (non-hydrogen) atoms. The predicted octanol–water partition coefficient (Wildman–Crippen LogP) is 1.67. The average Bonchev–Trinajstić information content (AvgIpc) is 2.52. The second-order valence-corrected chi connectivity index (χ2v) is 5.18. The van der Waals surface area contributed by atoms with E-state index in [4.69, 9.17) is 5.11 Å². The van der Waals surface area contributed by atoms with E-state index in [0.29, 0.717) is 18.5 Å². The van der Waals surface area contributed by atoms with Crippen molar-refractivity contribution in [3.05, 3.63) is 23.9 Å². The van der Waals surface area contributed by atoms with Crippen LogP contribution in [0.1, 0.15) is 42.5 Å². The maximum Gasteiger partial charge on any atom is 0.303 e. The zero-order valence-corrected chi connectivity index (χ0v) is 12.0. The standard InChI is InChI=1S/C15H21N3O3/c19-13(20)7-5-9-17-15(21)12-6-4-8-16-14(12)18-10-2-1-3-11-18/h4,6,8H,1-3,5,7,9-11H2,(H,17,21)(H,19,20). The Bertz CT molecular complexity index is 499. The van der Waals surface area contributed by atoms with E-state index in [1.165, 1.54) is 6.42 Å². The normalized spacial score (nSPS) is 14.8. The topological polar surface area (TPSA) is 82.5 Å². The zero-order valence-electron chi connectivity index (χ0n) is 12.0. The molecule has 0 saturated carbocycles. The van der Waals surface area contributed by atoms with Gasteiger partial charge in [-0.2, -0.15) is 0 Å². The second-order valence-electron chi connectivity index (χ2n) is 5.18. The van der Waals surface area contributed by atoms with E-state index in [0.717, 1.165) is 31.7 Å². The Morgan fingerprint density at radius 1 is 1.29 bits per heavy atom. The van der Waals surface area contributed by atoms with Crippen LogP contribution in [0.2, 0.25) is 0 Å². The van der Waals surface area contributed by atoms with Crippen molar-refractivity contribution in [3.63, 3.8) is 0 Å². The molecule has 6 heteroatoms. The number of carbonyl (C=O) groups excluding carboxylic acids is 1. The minimum Gasteiger partial charge on any atom is -0.481 e. The lowest BCUT2D eigenvalue weighted by Gasteiger charge is -2.29. The average molecular weight is 291 g/mol. The summed E-state index contributed by atoms with van der Waals surface area (Å²) in [5.41, 5.74) is 0.565. The van der Waals surface area contributed by atoms with Crippen LogP contribution in [0, 0.1) is 0 Å². The molecule has 0 spiro atoms. The number of nitrogens with one attached hydrogen (secondary N) is 1. The number of hydrogen-bond acceptors (Lipinski definition) is 4. The van der Waals surface area contributed by atoms with E-state index in [2.05, 4.69) is 15.2 Å². The van der Waals surface area contributed by atoms with Crippen molar-refractivity contribution in [3.8, 4) is 0 Å². The number of carboxylic acids is 1. The first-order valence-corrected chi connectivity index (χ1v) is 7.38. The van der Waals surface area contributed by atoms with Crippen LogP contribution in [0.3, 0.4) is 0 Å². The number of hydrogen-bond donors (Lipinski definition) is 2. The van der Waals surface area contributed by atoms with Crippen molar-refractivity contribution in [2.75, 3.05) is 24.5 Å². The van der Waals surface area contributed by atoms with Gasteiger partial charge in [0.1, 0.15) is 5.82 Å². The molecule has 6 nitrogen and oxygen atoms in total. The molecular formula is C15H21N3O3. The Balaban J connectivity index is 1.98. The smallest absolute Gasteiger partial charge is 0.303 e. The molecule has 0 radical (unpaired) electrons. The highest BCUT2D eigenvalue weighted by atomic mass is 16.4. The summed E-state index contributed by atoms with van der Waals surface area (Å²) in [6.45, 7) is 2.21.